The molecule has 0 atom stereocenters. The number of anilines is 1. The van der Waals surface area contributed by atoms with E-state index in [1.807, 2.05) is 32.0 Å². The minimum Gasteiger partial charge on any atom is -0.398 e. The molecule has 1 aromatic heterocycles. The van der Waals surface area contributed by atoms with Crippen molar-refractivity contribution in [2.24, 2.45) is 0 Å². The van der Waals surface area contributed by atoms with Crippen molar-refractivity contribution < 1.29 is 4.39 Å². The standard InChI is InChI=1S/C15H14FN5/c1-9-6-7-11(8-13(9)17)15-18-19-20-21(15)14-10(2)4-3-5-12(14)16/h3-8H,17H2,1-2H3. The highest BCUT2D eigenvalue weighted by Crippen LogP contribution is 2.25. The van der Waals surface area contributed by atoms with Gasteiger partial charge in [0.05, 0.1) is 0 Å². The van der Waals surface area contributed by atoms with Gasteiger partial charge in [-0.05, 0) is 47.5 Å². The maximum atomic E-state index is 14.1. The van der Waals surface area contributed by atoms with Gasteiger partial charge in [0.25, 0.3) is 0 Å². The molecule has 3 rings (SSSR count). The topological polar surface area (TPSA) is 69.6 Å². The summed E-state index contributed by atoms with van der Waals surface area (Å²) < 4.78 is 15.5. The number of halogens is 1. The molecule has 0 aliphatic rings. The Labute approximate surface area is 121 Å². The Morgan fingerprint density at radius 2 is 1.90 bits per heavy atom. The van der Waals surface area contributed by atoms with Gasteiger partial charge >= 0.3 is 0 Å². The molecule has 0 aliphatic carbocycles. The minimum absolute atomic E-state index is 0.344. The van der Waals surface area contributed by atoms with E-state index in [1.54, 1.807) is 12.1 Å². The highest BCUT2D eigenvalue weighted by atomic mass is 19.1. The number of hydrogen-bond donors (Lipinski definition) is 1. The minimum atomic E-state index is -0.372. The number of aromatic nitrogens is 4. The molecule has 0 bridgehead atoms. The molecule has 6 heteroatoms. The molecule has 0 saturated carbocycles. The number of nitrogens with two attached hydrogens (primary N) is 1. The number of nitrogen functional groups attached to an aromatic ring is 1. The van der Waals surface area contributed by atoms with Crippen LogP contribution in [0.4, 0.5) is 10.1 Å². The molecule has 2 aromatic carbocycles. The SMILES string of the molecule is Cc1ccc(-c2nnnn2-c2c(C)cccc2F)cc1N. The Bertz CT molecular complexity index is 789. The summed E-state index contributed by atoms with van der Waals surface area (Å²) in [5.74, 6) is 0.0820. The van der Waals surface area contributed by atoms with E-state index in [0.717, 1.165) is 16.7 Å². The summed E-state index contributed by atoms with van der Waals surface area (Å²) >= 11 is 0. The summed E-state index contributed by atoms with van der Waals surface area (Å²) in [7, 11) is 0. The summed E-state index contributed by atoms with van der Waals surface area (Å²) in [5.41, 5.74) is 9.38. The summed E-state index contributed by atoms with van der Waals surface area (Å²) in [4.78, 5) is 0. The first kappa shape index (κ1) is 13.2. The van der Waals surface area contributed by atoms with Crippen molar-refractivity contribution in [2.75, 3.05) is 5.73 Å². The number of nitrogens with zero attached hydrogens (tertiary/aromatic N) is 4. The number of hydrogen-bond acceptors (Lipinski definition) is 4. The van der Waals surface area contributed by atoms with Crippen LogP contribution in [-0.4, -0.2) is 20.2 Å². The molecule has 0 aliphatic heterocycles. The fraction of sp³-hybridized carbons (Fsp3) is 0.133. The second kappa shape index (κ2) is 4.97. The zero-order chi connectivity index (χ0) is 15.0. The molecule has 1 heterocycles. The van der Waals surface area contributed by atoms with Gasteiger partial charge in [-0.2, -0.15) is 4.68 Å². The first-order chi connectivity index (χ1) is 10.1. The normalized spacial score (nSPS) is 10.8. The quantitative estimate of drug-likeness (QED) is 0.734. The smallest absolute Gasteiger partial charge is 0.187 e. The van der Waals surface area contributed by atoms with E-state index in [2.05, 4.69) is 15.5 Å². The molecule has 0 unspecified atom stereocenters. The lowest BCUT2D eigenvalue weighted by Gasteiger charge is -2.09. The fourth-order valence-electron chi connectivity index (χ4n) is 2.19. The van der Waals surface area contributed by atoms with Crippen molar-refractivity contribution in [2.45, 2.75) is 13.8 Å². The zero-order valence-electron chi connectivity index (χ0n) is 11.7. The van der Waals surface area contributed by atoms with Crippen LogP contribution in [0.25, 0.3) is 17.1 Å². The molecule has 0 radical (unpaired) electrons. The lowest BCUT2D eigenvalue weighted by atomic mass is 10.1. The van der Waals surface area contributed by atoms with E-state index in [9.17, 15) is 4.39 Å². The van der Waals surface area contributed by atoms with Crippen LogP contribution >= 0.6 is 0 Å². The van der Waals surface area contributed by atoms with Gasteiger partial charge in [0.2, 0.25) is 0 Å². The lowest BCUT2D eigenvalue weighted by Crippen LogP contribution is -2.05. The average Bonchev–Trinajstić information content (AvgIpc) is 2.91. The van der Waals surface area contributed by atoms with Gasteiger partial charge in [-0.3, -0.25) is 0 Å². The Balaban J connectivity index is 2.20. The molecular weight excluding hydrogens is 269 g/mol. The van der Waals surface area contributed by atoms with Crippen molar-refractivity contribution in [1.82, 2.24) is 20.2 Å². The van der Waals surface area contributed by atoms with Gasteiger partial charge in [-0.15, -0.1) is 5.10 Å². The fourth-order valence-corrected chi connectivity index (χ4v) is 2.19. The molecule has 21 heavy (non-hydrogen) atoms. The summed E-state index contributed by atoms with van der Waals surface area (Å²) in [6, 6.07) is 10.4. The number of tetrazole rings is 1. The van der Waals surface area contributed by atoms with E-state index in [4.69, 9.17) is 5.73 Å². The molecule has 0 amide bonds. The van der Waals surface area contributed by atoms with Crippen LogP contribution in [0.5, 0.6) is 0 Å². The van der Waals surface area contributed by atoms with Crippen LogP contribution in [0, 0.1) is 19.7 Å². The maximum Gasteiger partial charge on any atom is 0.187 e. The third-order valence-corrected chi connectivity index (χ3v) is 3.41. The average molecular weight is 283 g/mol. The van der Waals surface area contributed by atoms with Gasteiger partial charge in [0.15, 0.2) is 5.82 Å². The summed E-state index contributed by atoms with van der Waals surface area (Å²) in [6.07, 6.45) is 0. The Morgan fingerprint density at radius 3 is 2.62 bits per heavy atom. The highest BCUT2D eigenvalue weighted by Gasteiger charge is 2.16. The van der Waals surface area contributed by atoms with E-state index in [-0.39, 0.29) is 5.82 Å². The molecule has 0 fully saturated rings. The van der Waals surface area contributed by atoms with Crippen LogP contribution in [0.15, 0.2) is 36.4 Å². The lowest BCUT2D eigenvalue weighted by molar-refractivity contribution is 0.606. The molecular formula is C15H14FN5. The predicted octanol–water partition coefficient (Wildman–Crippen LogP) is 2.67. The van der Waals surface area contributed by atoms with Crippen LogP contribution in [-0.2, 0) is 0 Å². The van der Waals surface area contributed by atoms with E-state index >= 15 is 0 Å². The monoisotopic (exact) mass is 283 g/mol. The third-order valence-electron chi connectivity index (χ3n) is 3.41. The van der Waals surface area contributed by atoms with Gasteiger partial charge in [0, 0.05) is 11.3 Å². The summed E-state index contributed by atoms with van der Waals surface area (Å²) in [5, 5.41) is 11.6. The van der Waals surface area contributed by atoms with Crippen molar-refractivity contribution in [1.29, 1.82) is 0 Å². The highest BCUT2D eigenvalue weighted by molar-refractivity contribution is 5.65. The van der Waals surface area contributed by atoms with Crippen molar-refractivity contribution in [3.63, 3.8) is 0 Å². The first-order valence-corrected chi connectivity index (χ1v) is 6.48. The van der Waals surface area contributed by atoms with Crippen LogP contribution in [0.1, 0.15) is 11.1 Å². The third kappa shape index (κ3) is 2.24. The first-order valence-electron chi connectivity index (χ1n) is 6.48. The number of para-hydroxylation sites is 1. The predicted molar refractivity (Wildman–Crippen MR) is 78.4 cm³/mol. The molecule has 0 saturated heterocycles. The van der Waals surface area contributed by atoms with Gasteiger partial charge in [-0.1, -0.05) is 24.3 Å². The van der Waals surface area contributed by atoms with Gasteiger partial charge in [0.1, 0.15) is 11.5 Å². The van der Waals surface area contributed by atoms with Gasteiger partial charge in [-0.25, -0.2) is 4.39 Å². The Hall–Kier alpha value is -2.76. The van der Waals surface area contributed by atoms with Crippen LogP contribution in [0.2, 0.25) is 0 Å². The molecule has 5 nitrogen and oxygen atoms in total. The van der Waals surface area contributed by atoms with Crippen molar-refractivity contribution >= 4 is 5.69 Å². The number of benzene rings is 2. The van der Waals surface area contributed by atoms with Crippen LogP contribution in [0.3, 0.4) is 0 Å². The maximum absolute atomic E-state index is 14.1. The molecule has 3 aromatic rings. The molecule has 0 spiro atoms. The Kier molecular flexibility index (Phi) is 3.13. The van der Waals surface area contributed by atoms with E-state index in [1.165, 1.54) is 10.7 Å². The largest absolute Gasteiger partial charge is 0.398 e. The second-order valence-corrected chi connectivity index (χ2v) is 4.89. The molecule has 2 N–H and O–H groups in total. The number of aryl methyl sites for hydroxylation is 2. The van der Waals surface area contributed by atoms with Crippen LogP contribution < -0.4 is 5.73 Å². The molecule has 106 valence electrons. The van der Waals surface area contributed by atoms with E-state index < -0.39 is 0 Å². The zero-order valence-corrected chi connectivity index (χ0v) is 11.7. The Morgan fingerprint density at radius 1 is 1.10 bits per heavy atom. The van der Waals surface area contributed by atoms with Crippen molar-refractivity contribution in [3.05, 3.63) is 53.3 Å². The second-order valence-electron chi connectivity index (χ2n) is 4.89. The number of rotatable bonds is 2. The summed E-state index contributed by atoms with van der Waals surface area (Å²) in [6.45, 7) is 3.73. The van der Waals surface area contributed by atoms with E-state index in [0.29, 0.717) is 17.2 Å². The van der Waals surface area contributed by atoms with Crippen molar-refractivity contribution in [3.8, 4) is 17.1 Å². The van der Waals surface area contributed by atoms with Gasteiger partial charge < -0.3 is 5.73 Å².